The molecule has 0 bridgehead atoms. The molecule has 0 unspecified atom stereocenters. The summed E-state index contributed by atoms with van der Waals surface area (Å²) in [6.45, 7) is 7.97. The van der Waals surface area contributed by atoms with Crippen molar-refractivity contribution in [2.45, 2.75) is 33.1 Å². The number of carbonyl (C=O) groups is 2. The second kappa shape index (κ2) is 10.9. The number of hydrogen-bond acceptors (Lipinski definition) is 6. The molecule has 0 atom stereocenters. The van der Waals surface area contributed by atoms with E-state index >= 15 is 0 Å². The van der Waals surface area contributed by atoms with Crippen molar-refractivity contribution in [2.24, 2.45) is 4.99 Å². The lowest BCUT2D eigenvalue weighted by Gasteiger charge is -2.18. The van der Waals surface area contributed by atoms with Crippen LogP contribution in [0.5, 0.6) is 5.75 Å². The van der Waals surface area contributed by atoms with Crippen molar-refractivity contribution < 1.29 is 24.2 Å². The summed E-state index contributed by atoms with van der Waals surface area (Å²) in [7, 11) is 1.45. The van der Waals surface area contributed by atoms with Crippen LogP contribution in [0.2, 0.25) is 10.0 Å². The average Bonchev–Trinajstić information content (AvgIpc) is 3.07. The first kappa shape index (κ1) is 26.9. The van der Waals surface area contributed by atoms with E-state index in [9.17, 15) is 14.7 Å². The van der Waals surface area contributed by atoms with Crippen LogP contribution in [-0.4, -0.2) is 35.7 Å². The van der Waals surface area contributed by atoms with E-state index in [1.54, 1.807) is 31.2 Å². The first-order chi connectivity index (χ1) is 16.5. The molecule has 0 saturated heterocycles. The Hall–Kier alpha value is -2.74. The number of ether oxygens (including phenoxy) is 2. The van der Waals surface area contributed by atoms with Crippen molar-refractivity contribution in [2.75, 3.05) is 13.7 Å². The number of methoxy groups -OCH3 is 1. The van der Waals surface area contributed by atoms with E-state index in [-0.39, 0.29) is 38.3 Å². The van der Waals surface area contributed by atoms with E-state index in [2.05, 4.69) is 25.8 Å². The number of aliphatic imine (C=N–C) groups is 1. The summed E-state index contributed by atoms with van der Waals surface area (Å²) in [5, 5.41) is 11.6. The van der Waals surface area contributed by atoms with Crippen molar-refractivity contribution in [3.05, 3.63) is 79.4 Å². The average molecular weight is 534 g/mol. The second-order valence-corrected chi connectivity index (χ2v) is 10.5. The van der Waals surface area contributed by atoms with Crippen molar-refractivity contribution in [3.8, 4) is 5.75 Å². The van der Waals surface area contributed by atoms with Crippen LogP contribution in [0.4, 0.5) is 0 Å². The van der Waals surface area contributed by atoms with Gasteiger partial charge in [0.2, 0.25) is 0 Å². The molecule has 0 saturated carbocycles. The van der Waals surface area contributed by atoms with Gasteiger partial charge in [-0.2, -0.15) is 0 Å². The van der Waals surface area contributed by atoms with E-state index < -0.39 is 11.9 Å². The number of rotatable bonds is 5. The molecular weight excluding hydrogens is 509 g/mol. The highest BCUT2D eigenvalue weighted by Crippen LogP contribution is 2.42. The summed E-state index contributed by atoms with van der Waals surface area (Å²) in [5.41, 5.74) is 1.66. The summed E-state index contributed by atoms with van der Waals surface area (Å²) in [5.74, 6) is -1.35. The van der Waals surface area contributed by atoms with Gasteiger partial charge in [-0.15, -0.1) is 0 Å². The fourth-order valence-electron chi connectivity index (χ4n) is 3.31. The number of nitrogens with zero attached hydrogens (tertiary/aromatic N) is 1. The molecule has 1 N–H and O–H groups in total. The summed E-state index contributed by atoms with van der Waals surface area (Å²) in [6, 6.07) is 10.3. The molecule has 1 aliphatic heterocycles. The number of aliphatic hydroxyl groups excluding tert-OH is 1. The van der Waals surface area contributed by atoms with Gasteiger partial charge in [-0.05, 0) is 48.2 Å². The molecule has 1 amide bonds. The molecule has 0 aliphatic carbocycles. The van der Waals surface area contributed by atoms with Gasteiger partial charge in [-0.25, -0.2) is 9.79 Å². The Morgan fingerprint density at radius 1 is 1.14 bits per heavy atom. The van der Waals surface area contributed by atoms with Crippen LogP contribution in [0.3, 0.4) is 0 Å². The van der Waals surface area contributed by atoms with Gasteiger partial charge >= 0.3 is 5.97 Å². The van der Waals surface area contributed by atoms with Gasteiger partial charge in [0.25, 0.3) is 5.91 Å². The van der Waals surface area contributed by atoms with Crippen LogP contribution in [0, 0.1) is 0 Å². The highest BCUT2D eigenvalue weighted by Gasteiger charge is 2.34. The van der Waals surface area contributed by atoms with Crippen molar-refractivity contribution >= 4 is 58.0 Å². The molecule has 184 valence electrons. The summed E-state index contributed by atoms with van der Waals surface area (Å²) >= 11 is 13.3. The monoisotopic (exact) mass is 533 g/mol. The largest absolute Gasteiger partial charge is 0.506 e. The Labute approximate surface area is 218 Å². The number of esters is 1. The number of thioether (sulfide) groups is 1. The van der Waals surface area contributed by atoms with E-state index in [1.165, 1.54) is 13.2 Å². The molecule has 9 heteroatoms. The predicted octanol–water partition coefficient (Wildman–Crippen LogP) is 7.00. The second-order valence-electron chi connectivity index (χ2n) is 8.61. The highest BCUT2D eigenvalue weighted by atomic mass is 35.5. The maximum absolute atomic E-state index is 12.9. The Kier molecular flexibility index (Phi) is 8.36. The lowest BCUT2D eigenvalue weighted by Crippen LogP contribution is -2.14. The topological polar surface area (TPSA) is 85.2 Å². The fraction of sp³-hybridized carbons (Fsp3) is 0.269. The van der Waals surface area contributed by atoms with Crippen LogP contribution in [-0.2, 0) is 14.9 Å². The first-order valence-corrected chi connectivity index (χ1v) is 12.3. The first-order valence-electron chi connectivity index (χ1n) is 10.7. The standard InChI is InChI=1S/C26H25Cl2NO5S/c1-6-34-25(32)20-21(30)19(12-15-11-17(27)13-18(28)22(15)33-5)35-24(20)29-23(31)14-7-9-16(10-8-14)26(2,3)4/h7-13,30H,6H2,1-5H3. The van der Waals surface area contributed by atoms with Crippen LogP contribution < -0.4 is 4.74 Å². The van der Waals surface area contributed by atoms with Gasteiger partial charge in [0.15, 0.2) is 0 Å². The molecule has 1 aliphatic rings. The number of aliphatic hydroxyl groups is 1. The van der Waals surface area contributed by atoms with E-state index in [0.29, 0.717) is 21.9 Å². The molecule has 0 fully saturated rings. The summed E-state index contributed by atoms with van der Waals surface area (Å²) < 4.78 is 10.4. The zero-order valence-corrected chi connectivity index (χ0v) is 22.3. The van der Waals surface area contributed by atoms with Gasteiger partial charge < -0.3 is 14.6 Å². The van der Waals surface area contributed by atoms with E-state index in [4.69, 9.17) is 32.7 Å². The van der Waals surface area contributed by atoms with Crippen LogP contribution >= 0.6 is 35.0 Å². The maximum atomic E-state index is 12.9. The Bertz CT molecular complexity index is 1260. The zero-order chi connectivity index (χ0) is 25.9. The molecule has 1 heterocycles. The molecule has 2 aromatic rings. The summed E-state index contributed by atoms with van der Waals surface area (Å²) in [4.78, 5) is 30.0. The fourth-order valence-corrected chi connectivity index (χ4v) is 4.90. The predicted molar refractivity (Wildman–Crippen MR) is 142 cm³/mol. The molecular formula is C26H25Cl2NO5S. The van der Waals surface area contributed by atoms with Gasteiger partial charge in [0, 0.05) is 16.1 Å². The lowest BCUT2D eigenvalue weighted by molar-refractivity contribution is -0.138. The summed E-state index contributed by atoms with van der Waals surface area (Å²) in [6.07, 6.45) is 1.56. The van der Waals surface area contributed by atoms with E-state index in [0.717, 1.165) is 17.3 Å². The van der Waals surface area contributed by atoms with Gasteiger partial charge in [-0.3, -0.25) is 4.79 Å². The van der Waals surface area contributed by atoms with Crippen LogP contribution in [0.1, 0.15) is 49.2 Å². The number of amides is 1. The maximum Gasteiger partial charge on any atom is 0.344 e. The SMILES string of the molecule is CCOC(=O)C1=C(O)C(=Cc2cc(Cl)cc(Cl)c2OC)SC1=NC(=O)c1ccc(C(C)(C)C)cc1. The molecule has 0 spiro atoms. The number of hydrogen-bond donors (Lipinski definition) is 1. The third-order valence-corrected chi connectivity index (χ3v) is 6.62. The van der Waals surface area contributed by atoms with Gasteiger partial charge in [0.05, 0.1) is 23.6 Å². The molecule has 35 heavy (non-hydrogen) atoms. The van der Waals surface area contributed by atoms with Crippen molar-refractivity contribution in [1.29, 1.82) is 0 Å². The van der Waals surface area contributed by atoms with Crippen molar-refractivity contribution in [1.82, 2.24) is 0 Å². The highest BCUT2D eigenvalue weighted by molar-refractivity contribution is 8.18. The molecule has 2 aromatic carbocycles. The molecule has 0 aromatic heterocycles. The minimum Gasteiger partial charge on any atom is -0.506 e. The van der Waals surface area contributed by atoms with Gasteiger partial charge in [-0.1, -0.05) is 67.9 Å². The number of benzene rings is 2. The number of halogens is 2. The third kappa shape index (κ3) is 6.10. The van der Waals surface area contributed by atoms with Crippen LogP contribution in [0.15, 0.2) is 57.6 Å². The molecule has 0 radical (unpaired) electrons. The minimum absolute atomic E-state index is 0.0317. The smallest absolute Gasteiger partial charge is 0.344 e. The Morgan fingerprint density at radius 2 is 1.80 bits per heavy atom. The zero-order valence-electron chi connectivity index (χ0n) is 19.9. The lowest BCUT2D eigenvalue weighted by atomic mass is 9.87. The Morgan fingerprint density at radius 3 is 2.37 bits per heavy atom. The number of carbonyl (C=O) groups excluding carboxylic acids is 2. The molecule has 6 nitrogen and oxygen atoms in total. The normalized spacial score (nSPS) is 16.2. The quantitative estimate of drug-likeness (QED) is 0.416. The van der Waals surface area contributed by atoms with Crippen molar-refractivity contribution in [3.63, 3.8) is 0 Å². The minimum atomic E-state index is -0.786. The molecule has 3 rings (SSSR count). The third-order valence-electron chi connectivity index (χ3n) is 5.10. The van der Waals surface area contributed by atoms with Crippen LogP contribution in [0.25, 0.3) is 6.08 Å². The Balaban J connectivity index is 2.04. The van der Waals surface area contributed by atoms with E-state index in [1.807, 2.05) is 12.1 Å². The van der Waals surface area contributed by atoms with Gasteiger partial charge in [0.1, 0.15) is 22.1 Å².